The van der Waals surface area contributed by atoms with Gasteiger partial charge >= 0.3 is 0 Å². The van der Waals surface area contributed by atoms with E-state index in [4.69, 9.17) is 10.5 Å². The zero-order chi connectivity index (χ0) is 13.7. The summed E-state index contributed by atoms with van der Waals surface area (Å²) in [5.41, 5.74) is -0.148. The maximum Gasteiger partial charge on any atom is 0.220 e. The molecule has 0 aromatic heterocycles. The topological polar surface area (TPSA) is 81.7 Å². The monoisotopic (exact) mass is 244 g/mol. The Kier molecular flexibility index (Phi) is 4.28. The number of hydrogen-bond acceptors (Lipinski definition) is 4. The molecule has 0 heterocycles. The average Bonchev–Trinajstić information content (AvgIpc) is 2.43. The molecule has 0 saturated carbocycles. The van der Waals surface area contributed by atoms with Gasteiger partial charge in [-0.3, -0.25) is 9.59 Å². The van der Waals surface area contributed by atoms with Crippen molar-refractivity contribution >= 4 is 11.6 Å². The summed E-state index contributed by atoms with van der Waals surface area (Å²) in [4.78, 5) is 22.9. The summed E-state index contributed by atoms with van der Waals surface area (Å²) in [5, 5.41) is 17.5. The SMILES string of the molecule is CCC(=O)C(F)C(=O)c1cc(C#N)ccc1C#N. The van der Waals surface area contributed by atoms with E-state index in [0.717, 1.165) is 6.07 Å². The summed E-state index contributed by atoms with van der Waals surface area (Å²) in [5.74, 6) is -1.92. The first-order chi connectivity index (χ1) is 8.54. The second-order valence-electron chi connectivity index (χ2n) is 3.53. The molecule has 0 bridgehead atoms. The van der Waals surface area contributed by atoms with Crippen LogP contribution in [-0.4, -0.2) is 17.7 Å². The van der Waals surface area contributed by atoms with Crippen LogP contribution in [0, 0.1) is 22.7 Å². The third-order valence-corrected chi connectivity index (χ3v) is 2.40. The van der Waals surface area contributed by atoms with Gasteiger partial charge in [0.15, 0.2) is 5.78 Å². The van der Waals surface area contributed by atoms with Crippen LogP contribution in [0.2, 0.25) is 0 Å². The number of nitriles is 2. The Morgan fingerprint density at radius 2 is 2.00 bits per heavy atom. The number of halogens is 1. The second-order valence-corrected chi connectivity index (χ2v) is 3.53. The first kappa shape index (κ1) is 13.5. The zero-order valence-electron chi connectivity index (χ0n) is 9.61. The van der Waals surface area contributed by atoms with Crippen molar-refractivity contribution in [3.63, 3.8) is 0 Å². The van der Waals surface area contributed by atoms with E-state index >= 15 is 0 Å². The van der Waals surface area contributed by atoms with Crippen LogP contribution in [0.15, 0.2) is 18.2 Å². The van der Waals surface area contributed by atoms with E-state index in [2.05, 4.69) is 0 Å². The molecule has 90 valence electrons. The number of alkyl halides is 1. The lowest BCUT2D eigenvalue weighted by atomic mass is 9.97. The Morgan fingerprint density at radius 1 is 1.33 bits per heavy atom. The molecule has 1 unspecified atom stereocenters. The van der Waals surface area contributed by atoms with E-state index in [0.29, 0.717) is 0 Å². The van der Waals surface area contributed by atoms with E-state index < -0.39 is 17.7 Å². The smallest absolute Gasteiger partial charge is 0.220 e. The number of benzene rings is 1. The molecule has 0 radical (unpaired) electrons. The molecular formula is C13H9FN2O2. The van der Waals surface area contributed by atoms with E-state index in [1.807, 2.05) is 0 Å². The normalized spacial score (nSPS) is 11.1. The molecule has 0 aliphatic carbocycles. The minimum Gasteiger partial charge on any atom is -0.296 e. The van der Waals surface area contributed by atoms with Gasteiger partial charge in [-0.2, -0.15) is 10.5 Å². The van der Waals surface area contributed by atoms with Crippen molar-refractivity contribution in [2.75, 3.05) is 0 Å². The van der Waals surface area contributed by atoms with Crippen molar-refractivity contribution in [3.05, 3.63) is 34.9 Å². The van der Waals surface area contributed by atoms with Gasteiger partial charge in [-0.1, -0.05) is 6.92 Å². The summed E-state index contributed by atoms with van der Waals surface area (Å²) in [6, 6.07) is 7.25. The van der Waals surface area contributed by atoms with Gasteiger partial charge in [0.25, 0.3) is 0 Å². The van der Waals surface area contributed by atoms with Gasteiger partial charge in [0.2, 0.25) is 12.0 Å². The Hall–Kier alpha value is -2.53. The lowest BCUT2D eigenvalue weighted by Gasteiger charge is -2.07. The quantitative estimate of drug-likeness (QED) is 0.598. The predicted molar refractivity (Wildman–Crippen MR) is 60.4 cm³/mol. The molecule has 0 N–H and O–H groups in total. The van der Waals surface area contributed by atoms with Crippen LogP contribution in [0.4, 0.5) is 4.39 Å². The number of ketones is 2. The van der Waals surface area contributed by atoms with Crippen molar-refractivity contribution in [2.24, 2.45) is 0 Å². The van der Waals surface area contributed by atoms with Crippen LogP contribution in [0.1, 0.15) is 34.8 Å². The van der Waals surface area contributed by atoms with Crippen molar-refractivity contribution in [1.29, 1.82) is 10.5 Å². The fraction of sp³-hybridized carbons (Fsp3) is 0.231. The number of nitrogens with zero attached hydrogens (tertiary/aromatic N) is 2. The van der Waals surface area contributed by atoms with Crippen molar-refractivity contribution in [2.45, 2.75) is 19.5 Å². The van der Waals surface area contributed by atoms with E-state index in [9.17, 15) is 14.0 Å². The molecule has 1 atom stereocenters. The minimum absolute atomic E-state index is 0.0504. The lowest BCUT2D eigenvalue weighted by Crippen LogP contribution is -2.26. The van der Waals surface area contributed by atoms with Crippen LogP contribution in [0.25, 0.3) is 0 Å². The number of hydrogen-bond donors (Lipinski definition) is 0. The van der Waals surface area contributed by atoms with Gasteiger partial charge < -0.3 is 0 Å². The summed E-state index contributed by atoms with van der Waals surface area (Å²) < 4.78 is 13.5. The molecule has 0 amide bonds. The molecular weight excluding hydrogens is 235 g/mol. The zero-order valence-corrected chi connectivity index (χ0v) is 9.61. The second kappa shape index (κ2) is 5.70. The van der Waals surface area contributed by atoms with Gasteiger partial charge in [0.05, 0.1) is 23.3 Å². The van der Waals surface area contributed by atoms with E-state index in [1.54, 1.807) is 12.1 Å². The largest absolute Gasteiger partial charge is 0.296 e. The highest BCUT2D eigenvalue weighted by Gasteiger charge is 2.27. The predicted octanol–water partition coefficient (Wildman–Crippen LogP) is 1.93. The number of carbonyl (C=O) groups is 2. The van der Waals surface area contributed by atoms with E-state index in [-0.39, 0.29) is 23.1 Å². The van der Waals surface area contributed by atoms with Crippen LogP contribution in [0.3, 0.4) is 0 Å². The van der Waals surface area contributed by atoms with Crippen molar-refractivity contribution in [3.8, 4) is 12.1 Å². The molecule has 1 rings (SSSR count). The molecule has 0 spiro atoms. The summed E-state index contributed by atoms with van der Waals surface area (Å²) in [6.45, 7) is 1.44. The average molecular weight is 244 g/mol. The number of Topliss-reactive ketones (excluding diaryl/α,β-unsaturated/α-hetero) is 2. The van der Waals surface area contributed by atoms with Crippen LogP contribution >= 0.6 is 0 Å². The first-order valence-corrected chi connectivity index (χ1v) is 5.20. The number of carbonyl (C=O) groups excluding carboxylic acids is 2. The van der Waals surface area contributed by atoms with Crippen LogP contribution < -0.4 is 0 Å². The first-order valence-electron chi connectivity index (χ1n) is 5.20. The molecule has 0 fully saturated rings. The van der Waals surface area contributed by atoms with Gasteiger partial charge in [-0.15, -0.1) is 0 Å². The highest BCUT2D eigenvalue weighted by Crippen LogP contribution is 2.15. The Bertz CT molecular complexity index is 582. The van der Waals surface area contributed by atoms with E-state index in [1.165, 1.54) is 19.1 Å². The lowest BCUT2D eigenvalue weighted by molar-refractivity contribution is -0.121. The maximum absolute atomic E-state index is 13.5. The van der Waals surface area contributed by atoms with Crippen molar-refractivity contribution in [1.82, 2.24) is 0 Å². The Balaban J connectivity index is 3.24. The fourth-order valence-electron chi connectivity index (χ4n) is 1.38. The Morgan fingerprint density at radius 3 is 2.50 bits per heavy atom. The molecule has 0 aliphatic heterocycles. The summed E-state index contributed by atoms with van der Waals surface area (Å²) >= 11 is 0. The molecule has 0 aliphatic rings. The van der Waals surface area contributed by atoms with Gasteiger partial charge in [-0.05, 0) is 18.2 Å². The molecule has 5 heteroatoms. The summed E-state index contributed by atoms with van der Waals surface area (Å²) in [7, 11) is 0. The Labute approximate surface area is 103 Å². The highest BCUT2D eigenvalue weighted by atomic mass is 19.1. The van der Waals surface area contributed by atoms with Crippen LogP contribution in [-0.2, 0) is 4.79 Å². The molecule has 18 heavy (non-hydrogen) atoms. The van der Waals surface area contributed by atoms with Crippen molar-refractivity contribution < 1.29 is 14.0 Å². The maximum atomic E-state index is 13.5. The third kappa shape index (κ3) is 2.58. The molecule has 0 saturated heterocycles. The third-order valence-electron chi connectivity index (χ3n) is 2.40. The minimum atomic E-state index is -2.28. The van der Waals surface area contributed by atoms with Gasteiger partial charge in [0, 0.05) is 12.0 Å². The highest BCUT2D eigenvalue weighted by molar-refractivity contribution is 6.14. The number of rotatable bonds is 4. The van der Waals surface area contributed by atoms with Crippen LogP contribution in [0.5, 0.6) is 0 Å². The standard InChI is InChI=1S/C13H9FN2O2/c1-2-11(17)12(14)13(18)10-5-8(6-15)3-4-9(10)7-16/h3-5,12H,2H2,1H3. The molecule has 4 nitrogen and oxygen atoms in total. The molecule has 1 aromatic carbocycles. The van der Waals surface area contributed by atoms with Gasteiger partial charge in [-0.25, -0.2) is 4.39 Å². The van der Waals surface area contributed by atoms with Gasteiger partial charge in [0.1, 0.15) is 0 Å². The summed E-state index contributed by atoms with van der Waals surface area (Å²) in [6.07, 6.45) is -2.39. The fourth-order valence-corrected chi connectivity index (χ4v) is 1.38. The molecule has 1 aromatic rings.